The van der Waals surface area contributed by atoms with Crippen LogP contribution in [0.3, 0.4) is 0 Å². The molecule has 0 saturated carbocycles. The third-order valence-electron chi connectivity index (χ3n) is 7.03. The number of hydrogen-bond donors (Lipinski definition) is 1. The molecule has 2 aliphatic heterocycles. The van der Waals surface area contributed by atoms with E-state index >= 15 is 0 Å². The van der Waals surface area contributed by atoms with E-state index in [4.69, 9.17) is 0 Å². The molecule has 2 aliphatic rings. The average molecular weight is 445 g/mol. The van der Waals surface area contributed by atoms with E-state index in [1.165, 1.54) is 4.90 Å². The standard InChI is InChI=1S/C27H32N4O2/c28-21-27(23-11-5-2-6-12-23)15-19-30(20-16-27)18-8-17-29-26(33)31-24(13-7-14-25(31)32)22-9-3-1-4-10-22/h1-6,9-12,24H,7-8,13-20H2,(H,29,33). The molecule has 0 spiro atoms. The van der Waals surface area contributed by atoms with Crippen molar-refractivity contribution >= 4 is 11.9 Å². The maximum atomic E-state index is 12.9. The van der Waals surface area contributed by atoms with Crippen LogP contribution in [0.4, 0.5) is 4.79 Å². The molecule has 0 aliphatic carbocycles. The second-order valence-corrected chi connectivity index (χ2v) is 9.07. The molecule has 3 amide bonds. The summed E-state index contributed by atoms with van der Waals surface area (Å²) in [6, 6.07) is 22.0. The molecule has 1 unspecified atom stereocenters. The number of nitrogens with zero attached hydrogens (tertiary/aromatic N) is 3. The van der Waals surface area contributed by atoms with Crippen LogP contribution in [0.2, 0.25) is 0 Å². The molecule has 33 heavy (non-hydrogen) atoms. The molecule has 2 aromatic carbocycles. The number of carbonyl (C=O) groups excluding carboxylic acids is 2. The molecule has 2 saturated heterocycles. The predicted molar refractivity (Wildman–Crippen MR) is 127 cm³/mol. The van der Waals surface area contributed by atoms with Gasteiger partial charge in [-0.2, -0.15) is 5.26 Å². The van der Waals surface area contributed by atoms with Gasteiger partial charge < -0.3 is 10.2 Å². The van der Waals surface area contributed by atoms with Gasteiger partial charge >= 0.3 is 6.03 Å². The van der Waals surface area contributed by atoms with Crippen LogP contribution in [-0.4, -0.2) is 47.9 Å². The molecule has 1 N–H and O–H groups in total. The van der Waals surface area contributed by atoms with Crippen LogP contribution in [0, 0.1) is 11.3 Å². The third-order valence-corrected chi connectivity index (χ3v) is 7.03. The topological polar surface area (TPSA) is 76.4 Å². The van der Waals surface area contributed by atoms with E-state index in [2.05, 4.69) is 28.4 Å². The molecule has 6 heteroatoms. The summed E-state index contributed by atoms with van der Waals surface area (Å²) in [6.07, 6.45) is 4.49. The fourth-order valence-electron chi connectivity index (χ4n) is 5.08. The van der Waals surface area contributed by atoms with Gasteiger partial charge in [0.1, 0.15) is 0 Å². The van der Waals surface area contributed by atoms with Crippen LogP contribution in [0.1, 0.15) is 55.7 Å². The number of urea groups is 1. The van der Waals surface area contributed by atoms with Gasteiger partial charge in [-0.25, -0.2) is 4.79 Å². The summed E-state index contributed by atoms with van der Waals surface area (Å²) in [4.78, 5) is 29.2. The summed E-state index contributed by atoms with van der Waals surface area (Å²) >= 11 is 0. The zero-order valence-corrected chi connectivity index (χ0v) is 19.1. The smallest absolute Gasteiger partial charge is 0.324 e. The van der Waals surface area contributed by atoms with Gasteiger partial charge in [0, 0.05) is 13.0 Å². The van der Waals surface area contributed by atoms with Gasteiger partial charge in [-0.05, 0) is 62.9 Å². The minimum atomic E-state index is -0.396. The van der Waals surface area contributed by atoms with Crippen molar-refractivity contribution in [3.8, 4) is 6.07 Å². The van der Waals surface area contributed by atoms with Crippen molar-refractivity contribution in [2.24, 2.45) is 0 Å². The zero-order valence-electron chi connectivity index (χ0n) is 19.1. The number of hydrogen-bond acceptors (Lipinski definition) is 4. The first-order chi connectivity index (χ1) is 16.1. The first-order valence-corrected chi connectivity index (χ1v) is 12.0. The van der Waals surface area contributed by atoms with Gasteiger partial charge in [-0.1, -0.05) is 60.7 Å². The normalized spacial score (nSPS) is 20.8. The number of rotatable bonds is 6. The molecule has 0 bridgehead atoms. The molecule has 0 aromatic heterocycles. The Morgan fingerprint density at radius 3 is 2.39 bits per heavy atom. The lowest BCUT2D eigenvalue weighted by Gasteiger charge is -2.37. The average Bonchev–Trinajstić information content (AvgIpc) is 2.88. The highest BCUT2D eigenvalue weighted by Gasteiger charge is 2.36. The highest BCUT2D eigenvalue weighted by atomic mass is 16.2. The fourth-order valence-corrected chi connectivity index (χ4v) is 5.08. The Morgan fingerprint density at radius 2 is 1.73 bits per heavy atom. The molecule has 2 heterocycles. The van der Waals surface area contributed by atoms with Gasteiger partial charge in [-0.3, -0.25) is 9.69 Å². The highest BCUT2D eigenvalue weighted by Crippen LogP contribution is 2.35. The van der Waals surface area contributed by atoms with E-state index in [1.807, 2.05) is 48.5 Å². The van der Waals surface area contributed by atoms with Gasteiger partial charge in [0.25, 0.3) is 0 Å². The minimum Gasteiger partial charge on any atom is -0.338 e. The van der Waals surface area contributed by atoms with E-state index in [0.29, 0.717) is 13.0 Å². The summed E-state index contributed by atoms with van der Waals surface area (Å²) in [5.41, 5.74) is 1.72. The Morgan fingerprint density at radius 1 is 1.06 bits per heavy atom. The Kier molecular flexibility index (Phi) is 7.41. The van der Waals surface area contributed by atoms with Crippen LogP contribution in [0.15, 0.2) is 60.7 Å². The number of piperidine rings is 2. The van der Waals surface area contributed by atoms with Gasteiger partial charge in [0.05, 0.1) is 17.5 Å². The summed E-state index contributed by atoms with van der Waals surface area (Å²) in [7, 11) is 0. The van der Waals surface area contributed by atoms with Crippen molar-refractivity contribution in [3.63, 3.8) is 0 Å². The van der Waals surface area contributed by atoms with E-state index in [0.717, 1.165) is 62.9 Å². The first kappa shape index (κ1) is 23.0. The van der Waals surface area contributed by atoms with Crippen LogP contribution in [0.25, 0.3) is 0 Å². The Hall–Kier alpha value is -3.17. The van der Waals surface area contributed by atoms with E-state index in [1.54, 1.807) is 0 Å². The lowest BCUT2D eigenvalue weighted by atomic mass is 9.74. The van der Waals surface area contributed by atoms with Crippen LogP contribution in [-0.2, 0) is 10.2 Å². The fraction of sp³-hybridized carbons (Fsp3) is 0.444. The second-order valence-electron chi connectivity index (χ2n) is 9.07. The lowest BCUT2D eigenvalue weighted by molar-refractivity contribution is -0.132. The maximum Gasteiger partial charge on any atom is 0.324 e. The Labute approximate surface area is 196 Å². The Balaban J connectivity index is 1.25. The largest absolute Gasteiger partial charge is 0.338 e. The molecule has 0 radical (unpaired) electrons. The van der Waals surface area contributed by atoms with Crippen molar-refractivity contribution in [2.75, 3.05) is 26.2 Å². The summed E-state index contributed by atoms with van der Waals surface area (Å²) in [5, 5.41) is 12.8. The summed E-state index contributed by atoms with van der Waals surface area (Å²) in [6.45, 7) is 3.14. The van der Waals surface area contributed by atoms with Gasteiger partial charge in [0.15, 0.2) is 0 Å². The van der Waals surface area contributed by atoms with Crippen molar-refractivity contribution in [1.82, 2.24) is 15.1 Å². The third kappa shape index (κ3) is 5.26. The number of carbonyl (C=O) groups is 2. The van der Waals surface area contributed by atoms with E-state index in [-0.39, 0.29) is 18.0 Å². The molecule has 1 atom stereocenters. The number of nitrogens with one attached hydrogen (secondary N) is 1. The van der Waals surface area contributed by atoms with Gasteiger partial charge in [-0.15, -0.1) is 0 Å². The molecule has 2 aromatic rings. The SMILES string of the molecule is N#CC1(c2ccccc2)CCN(CCCNC(=O)N2C(=O)CCCC2c2ccccc2)CC1. The Bertz CT molecular complexity index is 978. The highest BCUT2D eigenvalue weighted by molar-refractivity contribution is 5.95. The molecular formula is C27H32N4O2. The van der Waals surface area contributed by atoms with Gasteiger partial charge in [0.2, 0.25) is 5.91 Å². The first-order valence-electron chi connectivity index (χ1n) is 12.0. The minimum absolute atomic E-state index is 0.0996. The van der Waals surface area contributed by atoms with E-state index < -0.39 is 5.41 Å². The van der Waals surface area contributed by atoms with Crippen molar-refractivity contribution < 1.29 is 9.59 Å². The number of nitriles is 1. The zero-order chi connectivity index (χ0) is 23.1. The predicted octanol–water partition coefficient (Wildman–Crippen LogP) is 4.40. The van der Waals surface area contributed by atoms with Crippen molar-refractivity contribution in [1.29, 1.82) is 5.26 Å². The van der Waals surface area contributed by atoms with Crippen molar-refractivity contribution in [2.45, 2.75) is 50.0 Å². The summed E-state index contributed by atoms with van der Waals surface area (Å²) in [5.74, 6) is -0.0996. The number of imide groups is 1. The molecule has 4 rings (SSSR count). The summed E-state index contributed by atoms with van der Waals surface area (Å²) < 4.78 is 0. The molecule has 2 fully saturated rings. The van der Waals surface area contributed by atoms with Crippen LogP contribution in [0.5, 0.6) is 0 Å². The van der Waals surface area contributed by atoms with Crippen molar-refractivity contribution in [3.05, 3.63) is 71.8 Å². The quantitative estimate of drug-likeness (QED) is 0.670. The van der Waals surface area contributed by atoms with Crippen LogP contribution >= 0.6 is 0 Å². The van der Waals surface area contributed by atoms with E-state index in [9.17, 15) is 14.9 Å². The number of benzene rings is 2. The van der Waals surface area contributed by atoms with Crippen LogP contribution < -0.4 is 5.32 Å². The monoisotopic (exact) mass is 444 g/mol. The maximum absolute atomic E-state index is 12.9. The lowest BCUT2D eigenvalue weighted by Crippen LogP contribution is -2.48. The molecule has 172 valence electrons. The second kappa shape index (κ2) is 10.6. The molecular weight excluding hydrogens is 412 g/mol. The molecule has 6 nitrogen and oxygen atoms in total. The number of likely N-dealkylation sites (tertiary alicyclic amines) is 2. The number of amides is 3.